The molecule has 0 amide bonds. The highest BCUT2D eigenvalue weighted by molar-refractivity contribution is 5.32. The number of benzene rings is 1. The molecule has 3 heteroatoms. The minimum atomic E-state index is 0.245. The van der Waals surface area contributed by atoms with Gasteiger partial charge in [0.15, 0.2) is 0 Å². The van der Waals surface area contributed by atoms with Gasteiger partial charge >= 0.3 is 0 Å². The fraction of sp³-hybridized carbons (Fsp3) is 0.600. The molecule has 100 valence electrons. The average molecular weight is 248 g/mol. The average Bonchev–Trinajstić information content (AvgIpc) is 2.77. The Kier molecular flexibility index (Phi) is 4.75. The topological polar surface area (TPSA) is 38.5 Å². The van der Waals surface area contributed by atoms with Crippen LogP contribution < -0.4 is 5.73 Å². The van der Waals surface area contributed by atoms with Crippen molar-refractivity contribution in [3.8, 4) is 0 Å². The molecule has 0 aliphatic carbocycles. The van der Waals surface area contributed by atoms with Crippen LogP contribution in [0.4, 0.5) is 0 Å². The molecule has 1 aromatic carbocycles. The summed E-state index contributed by atoms with van der Waals surface area (Å²) in [6.45, 7) is 5.02. The van der Waals surface area contributed by atoms with Crippen LogP contribution in [0.3, 0.4) is 0 Å². The van der Waals surface area contributed by atoms with Crippen molar-refractivity contribution in [1.29, 1.82) is 0 Å². The highest BCUT2D eigenvalue weighted by Gasteiger charge is 2.33. The number of rotatable bonds is 5. The van der Waals surface area contributed by atoms with E-state index in [0.717, 1.165) is 32.5 Å². The molecule has 2 atom stereocenters. The quantitative estimate of drug-likeness (QED) is 0.866. The van der Waals surface area contributed by atoms with Crippen LogP contribution in [0.15, 0.2) is 24.3 Å². The van der Waals surface area contributed by atoms with Gasteiger partial charge in [-0.1, -0.05) is 31.2 Å². The second-order valence-corrected chi connectivity index (χ2v) is 4.98. The number of hydrogen-bond donors (Lipinski definition) is 1. The van der Waals surface area contributed by atoms with Crippen LogP contribution >= 0.6 is 0 Å². The Labute approximate surface area is 110 Å². The normalized spacial score (nSPS) is 24.6. The van der Waals surface area contributed by atoms with Gasteiger partial charge in [0, 0.05) is 26.2 Å². The summed E-state index contributed by atoms with van der Waals surface area (Å²) in [5.74, 6) is 0. The Morgan fingerprint density at radius 3 is 2.89 bits per heavy atom. The Balaban J connectivity index is 2.22. The Morgan fingerprint density at radius 1 is 1.39 bits per heavy atom. The van der Waals surface area contributed by atoms with E-state index < -0.39 is 0 Å². The molecule has 2 unspecified atom stereocenters. The lowest BCUT2D eigenvalue weighted by Crippen LogP contribution is -2.34. The Bertz CT molecular complexity index is 381. The van der Waals surface area contributed by atoms with Crippen molar-refractivity contribution in [1.82, 2.24) is 4.90 Å². The van der Waals surface area contributed by atoms with E-state index in [9.17, 15) is 0 Å². The summed E-state index contributed by atoms with van der Waals surface area (Å²) in [4.78, 5) is 2.46. The highest BCUT2D eigenvalue weighted by atomic mass is 16.5. The molecular weight excluding hydrogens is 224 g/mol. The molecule has 18 heavy (non-hydrogen) atoms. The van der Waals surface area contributed by atoms with E-state index in [2.05, 4.69) is 36.1 Å². The summed E-state index contributed by atoms with van der Waals surface area (Å²) in [7, 11) is 1.75. The van der Waals surface area contributed by atoms with Gasteiger partial charge in [-0.05, 0) is 24.0 Å². The molecule has 1 saturated heterocycles. The van der Waals surface area contributed by atoms with E-state index in [4.69, 9.17) is 10.5 Å². The first-order valence-electron chi connectivity index (χ1n) is 6.84. The zero-order valence-corrected chi connectivity index (χ0v) is 11.4. The number of nitrogens with zero attached hydrogens (tertiary/aromatic N) is 1. The van der Waals surface area contributed by atoms with Crippen molar-refractivity contribution in [3.05, 3.63) is 35.4 Å². The number of ether oxygens (including phenoxy) is 1. The Morgan fingerprint density at radius 2 is 2.17 bits per heavy atom. The van der Waals surface area contributed by atoms with Crippen molar-refractivity contribution >= 4 is 0 Å². The highest BCUT2D eigenvalue weighted by Crippen LogP contribution is 2.32. The summed E-state index contributed by atoms with van der Waals surface area (Å²) < 4.78 is 5.20. The molecule has 2 rings (SSSR count). The van der Waals surface area contributed by atoms with Gasteiger partial charge in [0.25, 0.3) is 0 Å². The summed E-state index contributed by atoms with van der Waals surface area (Å²) in [5.41, 5.74) is 9.14. The van der Waals surface area contributed by atoms with Crippen LogP contribution in [-0.4, -0.2) is 37.7 Å². The van der Waals surface area contributed by atoms with Crippen molar-refractivity contribution in [2.45, 2.75) is 31.8 Å². The van der Waals surface area contributed by atoms with Crippen LogP contribution in [0.25, 0.3) is 0 Å². The number of methoxy groups -OCH3 is 1. The zero-order valence-electron chi connectivity index (χ0n) is 11.4. The van der Waals surface area contributed by atoms with Crippen LogP contribution in [0.1, 0.15) is 30.5 Å². The first-order chi connectivity index (χ1) is 8.77. The fourth-order valence-electron chi connectivity index (χ4n) is 2.91. The monoisotopic (exact) mass is 248 g/mol. The molecule has 0 bridgehead atoms. The van der Waals surface area contributed by atoms with Gasteiger partial charge < -0.3 is 10.5 Å². The fourth-order valence-corrected chi connectivity index (χ4v) is 2.91. The van der Waals surface area contributed by atoms with Crippen LogP contribution in [0.5, 0.6) is 0 Å². The van der Waals surface area contributed by atoms with Crippen molar-refractivity contribution < 1.29 is 4.74 Å². The molecule has 3 nitrogen and oxygen atoms in total. The smallest absolute Gasteiger partial charge is 0.0589 e. The first-order valence-corrected chi connectivity index (χ1v) is 6.84. The molecular formula is C15H24N2O. The van der Waals surface area contributed by atoms with E-state index >= 15 is 0 Å². The predicted molar refractivity (Wildman–Crippen MR) is 74.6 cm³/mol. The van der Waals surface area contributed by atoms with E-state index in [1.165, 1.54) is 11.1 Å². The van der Waals surface area contributed by atoms with Gasteiger partial charge in [0.1, 0.15) is 0 Å². The van der Waals surface area contributed by atoms with Gasteiger partial charge in [0.05, 0.1) is 12.6 Å². The molecule has 0 spiro atoms. The van der Waals surface area contributed by atoms with Crippen molar-refractivity contribution in [2.75, 3.05) is 26.8 Å². The number of aryl methyl sites for hydroxylation is 1. The Hall–Kier alpha value is -0.900. The molecule has 2 N–H and O–H groups in total. The van der Waals surface area contributed by atoms with E-state index in [1.807, 2.05) is 0 Å². The molecule has 1 aliphatic rings. The summed E-state index contributed by atoms with van der Waals surface area (Å²) in [5, 5.41) is 0. The molecule has 1 fully saturated rings. The largest absolute Gasteiger partial charge is 0.383 e. The molecule has 1 aromatic rings. The van der Waals surface area contributed by atoms with Gasteiger partial charge in [-0.3, -0.25) is 4.90 Å². The van der Waals surface area contributed by atoms with Crippen LogP contribution in [0.2, 0.25) is 0 Å². The lowest BCUT2D eigenvalue weighted by atomic mass is 9.94. The molecule has 0 radical (unpaired) electrons. The van der Waals surface area contributed by atoms with E-state index in [1.54, 1.807) is 7.11 Å². The van der Waals surface area contributed by atoms with Crippen LogP contribution in [0, 0.1) is 0 Å². The number of hydrogen-bond acceptors (Lipinski definition) is 3. The maximum absolute atomic E-state index is 6.31. The van der Waals surface area contributed by atoms with Gasteiger partial charge in [0.2, 0.25) is 0 Å². The SMILES string of the molecule is CCc1ccccc1C1C(N)CCN1CCOC. The van der Waals surface area contributed by atoms with Gasteiger partial charge in [-0.15, -0.1) is 0 Å². The lowest BCUT2D eigenvalue weighted by molar-refractivity contribution is 0.138. The summed E-state index contributed by atoms with van der Waals surface area (Å²) >= 11 is 0. The van der Waals surface area contributed by atoms with Crippen molar-refractivity contribution in [3.63, 3.8) is 0 Å². The van der Waals surface area contributed by atoms with E-state index in [0.29, 0.717) is 6.04 Å². The molecule has 0 aromatic heterocycles. The number of nitrogens with two attached hydrogens (primary N) is 1. The third-order valence-electron chi connectivity index (χ3n) is 3.89. The van der Waals surface area contributed by atoms with Crippen LogP contribution in [-0.2, 0) is 11.2 Å². The lowest BCUT2D eigenvalue weighted by Gasteiger charge is -2.28. The van der Waals surface area contributed by atoms with Gasteiger partial charge in [-0.2, -0.15) is 0 Å². The minimum Gasteiger partial charge on any atom is -0.383 e. The second kappa shape index (κ2) is 6.32. The third kappa shape index (κ3) is 2.74. The second-order valence-electron chi connectivity index (χ2n) is 4.98. The molecule has 1 aliphatic heterocycles. The van der Waals surface area contributed by atoms with E-state index in [-0.39, 0.29) is 6.04 Å². The molecule has 1 heterocycles. The number of likely N-dealkylation sites (tertiary alicyclic amines) is 1. The maximum Gasteiger partial charge on any atom is 0.0589 e. The molecule has 0 saturated carbocycles. The summed E-state index contributed by atoms with van der Waals surface area (Å²) in [6, 6.07) is 9.28. The maximum atomic E-state index is 6.31. The first kappa shape index (κ1) is 13.5. The van der Waals surface area contributed by atoms with Gasteiger partial charge in [-0.25, -0.2) is 0 Å². The summed E-state index contributed by atoms with van der Waals surface area (Å²) in [6.07, 6.45) is 2.14. The standard InChI is InChI=1S/C15H24N2O/c1-3-12-6-4-5-7-13(12)15-14(16)8-9-17(15)10-11-18-2/h4-7,14-15H,3,8-11,16H2,1-2H3. The van der Waals surface area contributed by atoms with Crippen molar-refractivity contribution in [2.24, 2.45) is 5.73 Å². The minimum absolute atomic E-state index is 0.245. The predicted octanol–water partition coefficient (Wildman–Crippen LogP) is 1.97. The zero-order chi connectivity index (χ0) is 13.0. The third-order valence-corrected chi connectivity index (χ3v) is 3.89.